The van der Waals surface area contributed by atoms with E-state index in [4.69, 9.17) is 9.47 Å². The molecule has 0 radical (unpaired) electrons. The van der Waals surface area contributed by atoms with Crippen LogP contribution < -0.4 is 14.8 Å². The lowest BCUT2D eigenvalue weighted by Gasteiger charge is -2.11. The second-order valence-corrected chi connectivity index (χ2v) is 5.62. The summed E-state index contributed by atoms with van der Waals surface area (Å²) in [5.41, 5.74) is 1.31. The minimum Gasteiger partial charge on any atom is -0.490 e. The van der Waals surface area contributed by atoms with Gasteiger partial charge in [-0.15, -0.1) is 0 Å². The second-order valence-electron chi connectivity index (χ2n) is 4.77. The Labute approximate surface area is 123 Å². The van der Waals surface area contributed by atoms with E-state index >= 15 is 0 Å². The fourth-order valence-corrected chi connectivity index (χ4v) is 2.79. The number of unbranched alkanes of at least 4 members (excludes halogenated alkanes) is 1. The number of nitrogens with one attached hydrogen (secondary N) is 1. The van der Waals surface area contributed by atoms with Crippen LogP contribution in [-0.4, -0.2) is 26.3 Å². The van der Waals surface area contributed by atoms with Gasteiger partial charge in [0.25, 0.3) is 0 Å². The Balaban J connectivity index is 1.94. The highest BCUT2D eigenvalue weighted by atomic mass is 79.9. The zero-order valence-electron chi connectivity index (χ0n) is 11.5. The molecule has 1 aliphatic heterocycles. The zero-order valence-corrected chi connectivity index (χ0v) is 13.1. The lowest BCUT2D eigenvalue weighted by Crippen LogP contribution is -2.13. The van der Waals surface area contributed by atoms with Crippen molar-refractivity contribution >= 4 is 15.9 Å². The van der Waals surface area contributed by atoms with E-state index in [1.165, 1.54) is 18.4 Å². The summed E-state index contributed by atoms with van der Waals surface area (Å²) in [5.74, 6) is 1.74. The Hall–Kier alpha value is -0.740. The molecule has 0 saturated heterocycles. The van der Waals surface area contributed by atoms with Crippen molar-refractivity contribution in [3.63, 3.8) is 0 Å². The van der Waals surface area contributed by atoms with E-state index in [2.05, 4.69) is 40.3 Å². The molecule has 0 saturated carbocycles. The molecular weight excluding hydrogens is 306 g/mol. The van der Waals surface area contributed by atoms with Gasteiger partial charge in [0.15, 0.2) is 11.5 Å². The smallest absolute Gasteiger partial charge is 0.175 e. The largest absolute Gasteiger partial charge is 0.490 e. The molecule has 0 unspecified atom stereocenters. The van der Waals surface area contributed by atoms with E-state index in [-0.39, 0.29) is 0 Å². The fourth-order valence-electron chi connectivity index (χ4n) is 2.18. The summed E-state index contributed by atoms with van der Waals surface area (Å²) in [5, 5.41) is 3.35. The molecular formula is C15H22BrNO2. The number of benzene rings is 1. The standard InChI is InChI=1S/C15H22BrNO2/c1-2-17-7-4-3-6-12-10-13(16)15-14(11-12)18-8-5-9-19-15/h10-11,17H,2-9H2,1H3. The summed E-state index contributed by atoms with van der Waals surface area (Å²) < 4.78 is 12.5. The average molecular weight is 328 g/mol. The van der Waals surface area contributed by atoms with Crippen molar-refractivity contribution in [3.05, 3.63) is 22.2 Å². The van der Waals surface area contributed by atoms with E-state index in [1.807, 2.05) is 0 Å². The number of fused-ring (bicyclic) bond motifs is 1. The molecule has 1 N–H and O–H groups in total. The van der Waals surface area contributed by atoms with Crippen molar-refractivity contribution in [3.8, 4) is 11.5 Å². The Bertz CT molecular complexity index is 409. The van der Waals surface area contributed by atoms with E-state index < -0.39 is 0 Å². The fraction of sp³-hybridized carbons (Fsp3) is 0.600. The first kappa shape index (κ1) is 14.7. The molecule has 2 rings (SSSR count). The van der Waals surface area contributed by atoms with Crippen LogP contribution in [-0.2, 0) is 6.42 Å². The normalized spacial score (nSPS) is 14.2. The average Bonchev–Trinajstić information content (AvgIpc) is 2.64. The van der Waals surface area contributed by atoms with E-state index in [0.29, 0.717) is 0 Å². The van der Waals surface area contributed by atoms with Crippen molar-refractivity contribution in [1.82, 2.24) is 5.32 Å². The van der Waals surface area contributed by atoms with Crippen LogP contribution in [0.4, 0.5) is 0 Å². The van der Waals surface area contributed by atoms with Crippen LogP contribution in [0.5, 0.6) is 11.5 Å². The Morgan fingerprint density at radius 2 is 2.05 bits per heavy atom. The molecule has 19 heavy (non-hydrogen) atoms. The number of hydrogen-bond donors (Lipinski definition) is 1. The quantitative estimate of drug-likeness (QED) is 0.810. The van der Waals surface area contributed by atoms with Crippen LogP contribution in [0.15, 0.2) is 16.6 Å². The van der Waals surface area contributed by atoms with Gasteiger partial charge in [0.2, 0.25) is 0 Å². The summed E-state index contributed by atoms with van der Waals surface area (Å²) in [4.78, 5) is 0. The van der Waals surface area contributed by atoms with Crippen LogP contribution in [0.2, 0.25) is 0 Å². The number of ether oxygens (including phenoxy) is 2. The number of rotatable bonds is 6. The van der Waals surface area contributed by atoms with Gasteiger partial charge in [-0.25, -0.2) is 0 Å². The topological polar surface area (TPSA) is 30.5 Å². The van der Waals surface area contributed by atoms with Gasteiger partial charge in [-0.3, -0.25) is 0 Å². The van der Waals surface area contributed by atoms with Crippen LogP contribution in [0.3, 0.4) is 0 Å². The minimum absolute atomic E-state index is 0.730. The Morgan fingerprint density at radius 3 is 2.89 bits per heavy atom. The first-order chi connectivity index (χ1) is 9.31. The third kappa shape index (κ3) is 4.39. The van der Waals surface area contributed by atoms with E-state index in [1.54, 1.807) is 0 Å². The molecule has 0 atom stereocenters. The molecule has 1 aromatic rings. The highest BCUT2D eigenvalue weighted by Gasteiger charge is 2.14. The maximum absolute atomic E-state index is 5.75. The summed E-state index contributed by atoms with van der Waals surface area (Å²) in [6.45, 7) is 5.76. The summed E-state index contributed by atoms with van der Waals surface area (Å²) in [7, 11) is 0. The Kier molecular flexibility index (Phi) is 5.98. The van der Waals surface area contributed by atoms with Crippen molar-refractivity contribution in [2.24, 2.45) is 0 Å². The van der Waals surface area contributed by atoms with Gasteiger partial charge in [0.05, 0.1) is 17.7 Å². The molecule has 0 aliphatic carbocycles. The third-order valence-corrected chi connectivity index (χ3v) is 3.77. The SMILES string of the molecule is CCNCCCCc1cc(Br)c2c(c1)OCCCO2. The predicted molar refractivity (Wildman–Crippen MR) is 81.2 cm³/mol. The van der Waals surface area contributed by atoms with E-state index in [0.717, 1.165) is 55.1 Å². The molecule has 3 nitrogen and oxygen atoms in total. The second kappa shape index (κ2) is 7.75. The molecule has 1 heterocycles. The molecule has 0 amide bonds. The molecule has 0 spiro atoms. The maximum atomic E-state index is 5.75. The first-order valence-electron chi connectivity index (χ1n) is 7.10. The Morgan fingerprint density at radius 1 is 1.21 bits per heavy atom. The van der Waals surface area contributed by atoms with Gasteiger partial charge >= 0.3 is 0 Å². The van der Waals surface area contributed by atoms with Gasteiger partial charge < -0.3 is 14.8 Å². The molecule has 0 bridgehead atoms. The van der Waals surface area contributed by atoms with Crippen molar-refractivity contribution < 1.29 is 9.47 Å². The number of aryl methyl sites for hydroxylation is 1. The monoisotopic (exact) mass is 327 g/mol. The molecule has 1 aromatic carbocycles. The zero-order chi connectivity index (χ0) is 13.5. The number of hydrogen-bond acceptors (Lipinski definition) is 3. The minimum atomic E-state index is 0.730. The van der Waals surface area contributed by atoms with Crippen LogP contribution >= 0.6 is 15.9 Å². The van der Waals surface area contributed by atoms with Gasteiger partial charge in [-0.2, -0.15) is 0 Å². The van der Waals surface area contributed by atoms with Crippen LogP contribution in [0.25, 0.3) is 0 Å². The van der Waals surface area contributed by atoms with Gasteiger partial charge in [-0.05, 0) is 66.0 Å². The maximum Gasteiger partial charge on any atom is 0.175 e. The first-order valence-corrected chi connectivity index (χ1v) is 7.89. The van der Waals surface area contributed by atoms with Crippen molar-refractivity contribution in [2.75, 3.05) is 26.3 Å². The van der Waals surface area contributed by atoms with Crippen molar-refractivity contribution in [2.45, 2.75) is 32.6 Å². The molecule has 1 aliphatic rings. The number of halogens is 1. The van der Waals surface area contributed by atoms with Crippen LogP contribution in [0, 0.1) is 0 Å². The van der Waals surface area contributed by atoms with Gasteiger partial charge in [0, 0.05) is 6.42 Å². The van der Waals surface area contributed by atoms with Gasteiger partial charge in [-0.1, -0.05) is 6.92 Å². The predicted octanol–water partition coefficient (Wildman–Crippen LogP) is 3.54. The molecule has 0 aromatic heterocycles. The van der Waals surface area contributed by atoms with Gasteiger partial charge in [0.1, 0.15) is 0 Å². The molecule has 4 heteroatoms. The highest BCUT2D eigenvalue weighted by Crippen LogP contribution is 2.38. The summed E-state index contributed by atoms with van der Waals surface area (Å²) >= 11 is 3.58. The van der Waals surface area contributed by atoms with Crippen LogP contribution in [0.1, 0.15) is 31.7 Å². The van der Waals surface area contributed by atoms with E-state index in [9.17, 15) is 0 Å². The third-order valence-electron chi connectivity index (χ3n) is 3.18. The molecule has 106 valence electrons. The lowest BCUT2D eigenvalue weighted by atomic mass is 10.1. The highest BCUT2D eigenvalue weighted by molar-refractivity contribution is 9.10. The summed E-state index contributed by atoms with van der Waals surface area (Å²) in [6, 6.07) is 4.28. The summed E-state index contributed by atoms with van der Waals surface area (Å²) in [6.07, 6.45) is 4.43. The molecule has 0 fully saturated rings. The lowest BCUT2D eigenvalue weighted by molar-refractivity contribution is 0.296. The van der Waals surface area contributed by atoms with Crippen molar-refractivity contribution in [1.29, 1.82) is 0 Å².